The maximum Gasteiger partial charge on any atom is 0.352 e. The number of carboxylic acids is 1. The van der Waals surface area contributed by atoms with Gasteiger partial charge >= 0.3 is 5.97 Å². The van der Waals surface area contributed by atoms with E-state index in [2.05, 4.69) is 31.9 Å². The number of rotatable bonds is 3. The highest BCUT2D eigenvalue weighted by Crippen LogP contribution is 2.44. The zero-order valence-corrected chi connectivity index (χ0v) is 15.5. The van der Waals surface area contributed by atoms with Gasteiger partial charge in [-0.1, -0.05) is 15.9 Å². The number of benzene rings is 1. The monoisotopic (exact) mass is 463 g/mol. The van der Waals surface area contributed by atoms with Crippen LogP contribution in [0, 0.1) is 0 Å². The Morgan fingerprint density at radius 2 is 2.09 bits per heavy atom. The minimum Gasteiger partial charge on any atom is -0.504 e. The van der Waals surface area contributed by atoms with E-state index in [4.69, 9.17) is 0 Å². The van der Waals surface area contributed by atoms with Crippen LogP contribution in [0.25, 0.3) is 0 Å². The van der Waals surface area contributed by atoms with Gasteiger partial charge in [-0.15, -0.1) is 11.8 Å². The van der Waals surface area contributed by atoms with E-state index in [1.165, 1.54) is 22.7 Å². The fraction of sp³-hybridized carbons (Fsp3) is 0.286. The van der Waals surface area contributed by atoms with Gasteiger partial charge in [0.15, 0.2) is 11.5 Å². The van der Waals surface area contributed by atoms with Crippen molar-refractivity contribution in [2.75, 3.05) is 5.75 Å². The number of phenolic OH excluding ortho intramolecular Hbond substituents is 2. The molecule has 0 aromatic heterocycles. The number of carbonyl (C=O) groups is 2. The maximum atomic E-state index is 11.7. The topological polar surface area (TPSA) is 98.1 Å². The third-order valence-corrected chi connectivity index (χ3v) is 6.63. The fourth-order valence-electron chi connectivity index (χ4n) is 2.62. The Kier molecular flexibility index (Phi) is 4.37. The van der Waals surface area contributed by atoms with E-state index in [1.54, 1.807) is 0 Å². The van der Waals surface area contributed by atoms with E-state index in [-0.39, 0.29) is 34.9 Å². The van der Waals surface area contributed by atoms with Crippen molar-refractivity contribution in [3.8, 4) is 11.5 Å². The van der Waals surface area contributed by atoms with E-state index in [0.29, 0.717) is 32.3 Å². The summed E-state index contributed by atoms with van der Waals surface area (Å²) in [6.07, 6.45) is 0.599. The molecule has 2 aliphatic rings. The third kappa shape index (κ3) is 2.74. The quantitative estimate of drug-likeness (QED) is 0.470. The summed E-state index contributed by atoms with van der Waals surface area (Å²) in [5, 5.41) is 28.8. The Bertz CT molecular complexity index is 764. The average Bonchev–Trinajstić information content (AvgIpc) is 2.48. The number of phenols is 2. The first-order chi connectivity index (χ1) is 10.8. The molecule has 2 heterocycles. The number of β-lactam (4-membered cyclic amide) rings is 1. The molecule has 9 heteroatoms. The molecule has 0 aliphatic carbocycles. The van der Waals surface area contributed by atoms with Crippen LogP contribution < -0.4 is 0 Å². The maximum absolute atomic E-state index is 11.7. The molecule has 0 saturated carbocycles. The highest BCUT2D eigenvalue weighted by Gasteiger charge is 2.45. The van der Waals surface area contributed by atoms with Crippen LogP contribution in [0.15, 0.2) is 26.3 Å². The molecule has 6 nitrogen and oxygen atoms in total. The number of thioether (sulfide) groups is 1. The Morgan fingerprint density at radius 3 is 2.70 bits per heavy atom. The molecule has 3 rings (SSSR count). The van der Waals surface area contributed by atoms with Gasteiger partial charge in [0.2, 0.25) is 5.91 Å². The number of hydrogen-bond donors (Lipinski definition) is 3. The standard InChI is InChI=1S/C14H11Br2NO5S/c15-7-2-8(18)13(20)11(16)6(7)1-5-4-23-10-3-9(19)17(10)12(5)14(21)22/h2,10,18,20H,1,3-4H2,(H,21,22)/t10-/m0/s1. The summed E-state index contributed by atoms with van der Waals surface area (Å²) in [7, 11) is 0. The van der Waals surface area contributed by atoms with Gasteiger partial charge in [-0.3, -0.25) is 9.69 Å². The zero-order valence-electron chi connectivity index (χ0n) is 11.5. The third-order valence-electron chi connectivity index (χ3n) is 3.79. The van der Waals surface area contributed by atoms with Crippen molar-refractivity contribution < 1.29 is 24.9 Å². The summed E-state index contributed by atoms with van der Waals surface area (Å²) in [5.41, 5.74) is 1.23. The molecular weight excluding hydrogens is 454 g/mol. The minimum absolute atomic E-state index is 0.0244. The lowest BCUT2D eigenvalue weighted by atomic mass is 10.0. The number of hydrogen-bond acceptors (Lipinski definition) is 5. The highest BCUT2D eigenvalue weighted by molar-refractivity contribution is 9.11. The van der Waals surface area contributed by atoms with E-state index in [1.807, 2.05) is 0 Å². The first-order valence-electron chi connectivity index (χ1n) is 6.59. The zero-order chi connectivity index (χ0) is 16.9. The van der Waals surface area contributed by atoms with Crippen LogP contribution in [0.4, 0.5) is 0 Å². The molecule has 0 unspecified atom stereocenters. The molecular formula is C14H11Br2NO5S. The largest absolute Gasteiger partial charge is 0.504 e. The second-order valence-electron chi connectivity index (χ2n) is 5.19. The van der Waals surface area contributed by atoms with E-state index in [9.17, 15) is 24.9 Å². The van der Waals surface area contributed by atoms with Crippen LogP contribution in [0.5, 0.6) is 11.5 Å². The molecule has 1 aromatic carbocycles. The van der Waals surface area contributed by atoms with E-state index >= 15 is 0 Å². The van der Waals surface area contributed by atoms with Gasteiger partial charge < -0.3 is 15.3 Å². The Hall–Kier alpha value is -1.19. The SMILES string of the molecule is O=C(O)C1=C(Cc2c(Br)cc(O)c(O)c2Br)CS[C@H]2CC(=O)N12. The number of aromatic hydroxyl groups is 2. The summed E-state index contributed by atoms with van der Waals surface area (Å²) in [6.45, 7) is 0. The predicted octanol–water partition coefficient (Wildman–Crippen LogP) is 2.81. The van der Waals surface area contributed by atoms with Gasteiger partial charge in [-0.05, 0) is 39.6 Å². The average molecular weight is 465 g/mol. The molecule has 1 aromatic rings. The molecule has 1 fully saturated rings. The molecule has 3 N–H and O–H groups in total. The molecule has 122 valence electrons. The summed E-state index contributed by atoms with van der Waals surface area (Å²) in [6, 6.07) is 1.35. The van der Waals surface area contributed by atoms with Crippen LogP contribution in [-0.4, -0.2) is 43.2 Å². The van der Waals surface area contributed by atoms with Crippen molar-refractivity contribution in [3.63, 3.8) is 0 Å². The lowest BCUT2D eigenvalue weighted by Gasteiger charge is -2.44. The van der Waals surface area contributed by atoms with Crippen LogP contribution in [0.3, 0.4) is 0 Å². The van der Waals surface area contributed by atoms with Crippen molar-refractivity contribution in [3.05, 3.63) is 31.8 Å². The van der Waals surface area contributed by atoms with Gasteiger partial charge in [0.1, 0.15) is 5.70 Å². The summed E-state index contributed by atoms with van der Waals surface area (Å²) >= 11 is 8.06. The molecule has 1 atom stereocenters. The van der Waals surface area contributed by atoms with Crippen LogP contribution in [-0.2, 0) is 16.0 Å². The molecule has 0 radical (unpaired) electrons. The fourth-order valence-corrected chi connectivity index (χ4v) is 5.27. The summed E-state index contributed by atoms with van der Waals surface area (Å²) < 4.78 is 0.836. The number of carbonyl (C=O) groups excluding carboxylic acids is 1. The van der Waals surface area contributed by atoms with Crippen molar-refractivity contribution >= 4 is 55.5 Å². The summed E-state index contributed by atoms with van der Waals surface area (Å²) in [4.78, 5) is 24.7. The number of carboxylic acid groups (broad SMARTS) is 1. The van der Waals surface area contributed by atoms with Gasteiger partial charge in [-0.2, -0.15) is 0 Å². The summed E-state index contributed by atoms with van der Waals surface area (Å²) in [5.74, 6) is -1.41. The lowest BCUT2D eigenvalue weighted by molar-refractivity contribution is -0.146. The molecule has 0 bridgehead atoms. The first kappa shape index (κ1) is 16.7. The van der Waals surface area contributed by atoms with E-state index in [0.717, 1.165) is 0 Å². The number of nitrogens with zero attached hydrogens (tertiary/aromatic N) is 1. The second-order valence-corrected chi connectivity index (χ2v) is 8.00. The number of aliphatic carboxylic acids is 1. The number of fused-ring (bicyclic) bond motifs is 1. The van der Waals surface area contributed by atoms with Gasteiger partial charge in [0.25, 0.3) is 0 Å². The molecule has 1 saturated heterocycles. The van der Waals surface area contributed by atoms with Gasteiger partial charge in [-0.25, -0.2) is 4.79 Å². The smallest absolute Gasteiger partial charge is 0.352 e. The lowest BCUT2D eigenvalue weighted by Crippen LogP contribution is -2.54. The normalized spacial score (nSPS) is 20.3. The molecule has 1 amide bonds. The minimum atomic E-state index is -1.13. The Morgan fingerprint density at radius 1 is 1.39 bits per heavy atom. The van der Waals surface area contributed by atoms with Crippen LogP contribution >= 0.6 is 43.6 Å². The Balaban J connectivity index is 2.05. The van der Waals surface area contributed by atoms with Crippen molar-refractivity contribution in [2.24, 2.45) is 0 Å². The van der Waals surface area contributed by atoms with Crippen LogP contribution in [0.2, 0.25) is 0 Å². The van der Waals surface area contributed by atoms with Crippen molar-refractivity contribution in [1.82, 2.24) is 4.90 Å². The second kappa shape index (κ2) is 6.03. The van der Waals surface area contributed by atoms with Gasteiger partial charge in [0, 0.05) is 10.2 Å². The van der Waals surface area contributed by atoms with Crippen molar-refractivity contribution in [2.45, 2.75) is 18.2 Å². The Labute approximate surface area is 152 Å². The van der Waals surface area contributed by atoms with E-state index < -0.39 is 5.97 Å². The van der Waals surface area contributed by atoms with Crippen LogP contribution in [0.1, 0.15) is 12.0 Å². The van der Waals surface area contributed by atoms with Gasteiger partial charge in [0.05, 0.1) is 16.3 Å². The predicted molar refractivity (Wildman–Crippen MR) is 91.2 cm³/mol. The highest BCUT2D eigenvalue weighted by atomic mass is 79.9. The number of amides is 1. The number of halogens is 2. The molecule has 2 aliphatic heterocycles. The first-order valence-corrected chi connectivity index (χ1v) is 9.22. The molecule has 23 heavy (non-hydrogen) atoms. The van der Waals surface area contributed by atoms with Crippen molar-refractivity contribution in [1.29, 1.82) is 0 Å². The molecule has 0 spiro atoms.